The van der Waals surface area contributed by atoms with Crippen molar-refractivity contribution in [2.75, 3.05) is 13.7 Å². The normalized spacial score (nSPS) is 30.2. The summed E-state index contributed by atoms with van der Waals surface area (Å²) in [5.74, 6) is -1.45. The molecular weight excluding hydrogens is 375 g/mol. The molecule has 2 saturated heterocycles. The topological polar surface area (TPSA) is 83.5 Å². The predicted octanol–water partition coefficient (Wildman–Crippen LogP) is 2.40. The van der Waals surface area contributed by atoms with Crippen LogP contribution in [0, 0.1) is 0 Å². The van der Waals surface area contributed by atoms with Crippen LogP contribution in [-0.2, 0) is 18.9 Å². The van der Waals surface area contributed by atoms with Gasteiger partial charge in [-0.1, -0.05) is 23.2 Å². The van der Waals surface area contributed by atoms with Gasteiger partial charge in [0.1, 0.15) is 30.5 Å². The van der Waals surface area contributed by atoms with E-state index in [0.29, 0.717) is 0 Å². The van der Waals surface area contributed by atoms with Gasteiger partial charge in [-0.05, 0) is 26.0 Å². The summed E-state index contributed by atoms with van der Waals surface area (Å²) in [5.41, 5.74) is 0.0120. The molecule has 9 heteroatoms. The zero-order valence-corrected chi connectivity index (χ0v) is 15.3. The molecule has 0 aromatic heterocycles. The van der Waals surface area contributed by atoms with E-state index in [-0.39, 0.29) is 28.0 Å². The summed E-state index contributed by atoms with van der Waals surface area (Å²) >= 11 is 12.0. The van der Waals surface area contributed by atoms with Crippen LogP contribution in [0.5, 0.6) is 5.75 Å². The molecule has 0 amide bonds. The summed E-state index contributed by atoms with van der Waals surface area (Å²) in [7, 11) is 1.37. The van der Waals surface area contributed by atoms with Gasteiger partial charge in [0.05, 0.1) is 17.2 Å². The fourth-order valence-corrected chi connectivity index (χ4v) is 3.31. The Morgan fingerprint density at radius 2 is 1.96 bits per heavy atom. The third kappa shape index (κ3) is 3.58. The van der Waals surface area contributed by atoms with Crippen LogP contribution in [0.15, 0.2) is 12.1 Å². The molecule has 0 bridgehead atoms. The molecule has 138 valence electrons. The Morgan fingerprint density at radius 3 is 2.60 bits per heavy atom. The average Bonchev–Trinajstić information content (AvgIpc) is 3.00. The molecular formula is C16H18Cl2O7. The fourth-order valence-electron chi connectivity index (χ4n) is 2.85. The summed E-state index contributed by atoms with van der Waals surface area (Å²) < 4.78 is 27.0. The minimum Gasteiger partial charge on any atom is -0.494 e. The Labute approximate surface area is 154 Å². The molecule has 2 aliphatic heterocycles. The number of aliphatic hydroxyl groups excluding tert-OH is 1. The molecule has 25 heavy (non-hydrogen) atoms. The molecule has 2 heterocycles. The highest BCUT2D eigenvalue weighted by Gasteiger charge is 2.54. The molecule has 4 atom stereocenters. The molecule has 0 radical (unpaired) electrons. The van der Waals surface area contributed by atoms with E-state index in [4.69, 9.17) is 46.9 Å². The molecule has 3 rings (SSSR count). The molecule has 2 aliphatic rings. The van der Waals surface area contributed by atoms with Crippen molar-refractivity contribution >= 4 is 29.2 Å². The lowest BCUT2D eigenvalue weighted by atomic mass is 10.1. The fraction of sp³-hybridized carbons (Fsp3) is 0.562. The first-order valence-corrected chi connectivity index (χ1v) is 8.37. The van der Waals surface area contributed by atoms with Crippen molar-refractivity contribution in [1.29, 1.82) is 0 Å². The molecule has 0 unspecified atom stereocenters. The number of carbonyl (C=O) groups excluding carboxylic acids is 1. The van der Waals surface area contributed by atoms with Crippen LogP contribution in [-0.4, -0.2) is 55.2 Å². The van der Waals surface area contributed by atoms with Crippen LogP contribution in [0.1, 0.15) is 24.2 Å². The molecule has 1 aromatic rings. The van der Waals surface area contributed by atoms with Crippen molar-refractivity contribution in [2.45, 2.75) is 44.2 Å². The smallest absolute Gasteiger partial charge is 0.343 e. The first kappa shape index (κ1) is 18.7. The highest BCUT2D eigenvalue weighted by Crippen LogP contribution is 2.38. The van der Waals surface area contributed by atoms with E-state index < -0.39 is 36.4 Å². The number of halogens is 2. The van der Waals surface area contributed by atoms with Crippen LogP contribution in [0.2, 0.25) is 10.0 Å². The first-order valence-electron chi connectivity index (χ1n) is 7.62. The number of esters is 1. The van der Waals surface area contributed by atoms with Crippen LogP contribution in [0.25, 0.3) is 0 Å². The highest BCUT2D eigenvalue weighted by atomic mass is 35.5. The molecule has 0 aliphatic carbocycles. The van der Waals surface area contributed by atoms with Gasteiger partial charge in [0.25, 0.3) is 0 Å². The lowest BCUT2D eigenvalue weighted by Gasteiger charge is -2.23. The van der Waals surface area contributed by atoms with E-state index in [1.807, 2.05) is 0 Å². The lowest BCUT2D eigenvalue weighted by molar-refractivity contribution is -0.218. The Morgan fingerprint density at radius 1 is 1.28 bits per heavy atom. The number of hydrogen-bond donors (Lipinski definition) is 1. The predicted molar refractivity (Wildman–Crippen MR) is 88.0 cm³/mol. The van der Waals surface area contributed by atoms with Crippen LogP contribution < -0.4 is 4.74 Å². The second-order valence-corrected chi connectivity index (χ2v) is 6.98. The summed E-state index contributed by atoms with van der Waals surface area (Å²) in [4.78, 5) is 12.4. The second kappa shape index (κ2) is 6.90. The summed E-state index contributed by atoms with van der Waals surface area (Å²) in [6.45, 7) is 3.25. The van der Waals surface area contributed by atoms with Gasteiger partial charge in [-0.3, -0.25) is 0 Å². The minimum absolute atomic E-state index is 0.0120. The maximum atomic E-state index is 12.4. The van der Waals surface area contributed by atoms with Crippen molar-refractivity contribution in [3.8, 4) is 5.75 Å². The van der Waals surface area contributed by atoms with Crippen LogP contribution in [0.4, 0.5) is 0 Å². The summed E-state index contributed by atoms with van der Waals surface area (Å²) in [5, 5.41) is 10.7. The summed E-state index contributed by atoms with van der Waals surface area (Å²) in [6, 6.07) is 2.99. The Bertz CT molecular complexity index is 679. The zero-order valence-electron chi connectivity index (χ0n) is 13.8. The van der Waals surface area contributed by atoms with E-state index in [9.17, 15) is 9.90 Å². The zero-order chi connectivity index (χ0) is 18.4. The largest absolute Gasteiger partial charge is 0.494 e. The first-order chi connectivity index (χ1) is 11.7. The highest BCUT2D eigenvalue weighted by molar-refractivity contribution is 6.37. The molecule has 0 saturated carbocycles. The minimum atomic E-state index is -0.990. The molecule has 2 fully saturated rings. The number of fused-ring (bicyclic) bond motifs is 1. The number of ether oxygens (including phenoxy) is 5. The molecule has 1 aromatic carbocycles. The SMILES string of the molecule is COc1c(Cl)ccc(Cl)c1C(=O)OC[C@H]1O[C@H]2OC(C)(C)O[C@H]2[C@@H]1O. The van der Waals surface area contributed by atoms with E-state index >= 15 is 0 Å². The van der Waals surface area contributed by atoms with Crippen molar-refractivity contribution in [1.82, 2.24) is 0 Å². The number of carbonyl (C=O) groups is 1. The molecule has 1 N–H and O–H groups in total. The quantitative estimate of drug-likeness (QED) is 0.787. The van der Waals surface area contributed by atoms with Crippen LogP contribution >= 0.6 is 23.2 Å². The monoisotopic (exact) mass is 392 g/mol. The van der Waals surface area contributed by atoms with Gasteiger partial charge in [0.2, 0.25) is 0 Å². The van der Waals surface area contributed by atoms with Gasteiger partial charge in [-0.2, -0.15) is 0 Å². The van der Waals surface area contributed by atoms with E-state index in [0.717, 1.165) is 0 Å². The molecule has 7 nitrogen and oxygen atoms in total. The van der Waals surface area contributed by atoms with E-state index in [1.165, 1.54) is 19.2 Å². The van der Waals surface area contributed by atoms with E-state index in [2.05, 4.69) is 0 Å². The Balaban J connectivity index is 1.66. The maximum absolute atomic E-state index is 12.4. The van der Waals surface area contributed by atoms with Gasteiger partial charge >= 0.3 is 5.97 Å². The van der Waals surface area contributed by atoms with Crippen molar-refractivity contribution in [3.05, 3.63) is 27.7 Å². The number of benzene rings is 1. The Kier molecular flexibility index (Phi) is 5.16. The van der Waals surface area contributed by atoms with E-state index in [1.54, 1.807) is 13.8 Å². The van der Waals surface area contributed by atoms with Gasteiger partial charge in [0, 0.05) is 0 Å². The van der Waals surface area contributed by atoms with Crippen LogP contribution in [0.3, 0.4) is 0 Å². The van der Waals surface area contributed by atoms with Gasteiger partial charge in [0.15, 0.2) is 17.8 Å². The maximum Gasteiger partial charge on any atom is 0.343 e. The average molecular weight is 393 g/mol. The van der Waals surface area contributed by atoms with Crippen molar-refractivity contribution in [2.24, 2.45) is 0 Å². The number of aliphatic hydroxyl groups is 1. The second-order valence-electron chi connectivity index (χ2n) is 6.17. The summed E-state index contributed by atoms with van der Waals surface area (Å²) in [6.07, 6.45) is -3.11. The third-order valence-electron chi connectivity index (χ3n) is 3.96. The van der Waals surface area contributed by atoms with Crippen molar-refractivity contribution < 1.29 is 33.6 Å². The van der Waals surface area contributed by atoms with Crippen molar-refractivity contribution in [3.63, 3.8) is 0 Å². The Hall–Kier alpha value is -1.09. The van der Waals surface area contributed by atoms with Gasteiger partial charge in [-0.15, -0.1) is 0 Å². The molecule has 0 spiro atoms. The number of methoxy groups -OCH3 is 1. The number of rotatable bonds is 4. The standard InChI is InChI=1S/C16H18Cl2O7/c1-16(2)24-13-11(19)9(23-15(13)25-16)6-22-14(20)10-7(17)4-5-8(18)12(10)21-3/h4-5,9,11,13,15,19H,6H2,1-3H3/t9-,11-,13+,15+/m1/s1. The lowest BCUT2D eigenvalue weighted by Crippen LogP contribution is -2.37. The van der Waals surface area contributed by atoms with Gasteiger partial charge < -0.3 is 28.8 Å². The van der Waals surface area contributed by atoms with Gasteiger partial charge in [-0.25, -0.2) is 4.79 Å². The number of hydrogen-bond acceptors (Lipinski definition) is 7. The third-order valence-corrected chi connectivity index (χ3v) is 4.57.